The first-order valence-corrected chi connectivity index (χ1v) is 7.20. The van der Waals surface area contributed by atoms with Crippen LogP contribution in [-0.2, 0) is 20.8 Å². The molecule has 3 atom stereocenters. The van der Waals surface area contributed by atoms with Gasteiger partial charge >= 0.3 is 0 Å². The Bertz CT molecular complexity index is 357. The lowest BCUT2D eigenvalue weighted by molar-refractivity contribution is -0.141. The van der Waals surface area contributed by atoms with Crippen LogP contribution in [0.3, 0.4) is 0 Å². The molecule has 0 heterocycles. The topological polar surface area (TPSA) is 68.2 Å². The van der Waals surface area contributed by atoms with Crippen LogP contribution in [0.25, 0.3) is 0 Å². The van der Waals surface area contributed by atoms with Gasteiger partial charge in [0.25, 0.3) is 0 Å². The van der Waals surface area contributed by atoms with Gasteiger partial charge in [-0.1, -0.05) is 37.3 Å². The second-order valence-electron chi connectivity index (χ2n) is 5.09. The lowest BCUT2D eigenvalue weighted by atomic mass is 9.97. The van der Waals surface area contributed by atoms with E-state index < -0.39 is 12.2 Å². The highest BCUT2D eigenvalue weighted by molar-refractivity contribution is 5.13. The fraction of sp³-hybridized carbons (Fsp3) is 0.625. The molecule has 120 valence electrons. The third kappa shape index (κ3) is 7.02. The number of ether oxygens (including phenoxy) is 3. The second kappa shape index (κ2) is 10.7. The molecule has 0 fully saturated rings. The molecule has 1 aromatic carbocycles. The summed E-state index contributed by atoms with van der Waals surface area (Å²) in [5.74, 6) is 0.0538. The molecule has 0 aliphatic heterocycles. The Morgan fingerprint density at radius 1 is 1.19 bits per heavy atom. The minimum atomic E-state index is -0.913. The number of rotatable bonds is 11. The van der Waals surface area contributed by atoms with Crippen molar-refractivity contribution in [3.63, 3.8) is 0 Å². The van der Waals surface area contributed by atoms with Crippen molar-refractivity contribution in [1.82, 2.24) is 0 Å². The van der Waals surface area contributed by atoms with E-state index in [1.807, 2.05) is 37.3 Å². The van der Waals surface area contributed by atoms with Crippen LogP contribution < -0.4 is 0 Å². The molecule has 5 nitrogen and oxygen atoms in total. The SMILES string of the molecule is COCO[C@H]([C@H](C)CCOCc1ccccc1)[C@H](O)CO. The molecule has 2 N–H and O–H groups in total. The molecular weight excluding hydrogens is 272 g/mol. The fourth-order valence-electron chi connectivity index (χ4n) is 2.10. The van der Waals surface area contributed by atoms with Gasteiger partial charge in [-0.15, -0.1) is 0 Å². The van der Waals surface area contributed by atoms with Gasteiger partial charge in [-0.25, -0.2) is 0 Å². The van der Waals surface area contributed by atoms with Crippen molar-refractivity contribution in [2.75, 3.05) is 27.1 Å². The summed E-state index contributed by atoms with van der Waals surface area (Å²) >= 11 is 0. The van der Waals surface area contributed by atoms with Gasteiger partial charge in [0.2, 0.25) is 0 Å². The van der Waals surface area contributed by atoms with Crippen LogP contribution in [0.15, 0.2) is 30.3 Å². The van der Waals surface area contributed by atoms with Crippen LogP contribution in [0.5, 0.6) is 0 Å². The number of benzene rings is 1. The molecule has 0 radical (unpaired) electrons. The van der Waals surface area contributed by atoms with Crippen LogP contribution in [0.1, 0.15) is 18.9 Å². The van der Waals surface area contributed by atoms with Crippen LogP contribution in [0, 0.1) is 5.92 Å². The van der Waals surface area contributed by atoms with Gasteiger partial charge in [0.15, 0.2) is 0 Å². The fourth-order valence-corrected chi connectivity index (χ4v) is 2.10. The Kier molecular flexibility index (Phi) is 9.21. The summed E-state index contributed by atoms with van der Waals surface area (Å²) in [6, 6.07) is 9.97. The van der Waals surface area contributed by atoms with Crippen molar-refractivity contribution < 1.29 is 24.4 Å². The van der Waals surface area contributed by atoms with Gasteiger partial charge in [0, 0.05) is 13.7 Å². The van der Waals surface area contributed by atoms with E-state index in [-0.39, 0.29) is 19.3 Å². The lowest BCUT2D eigenvalue weighted by Crippen LogP contribution is -2.38. The van der Waals surface area contributed by atoms with Gasteiger partial charge in [-0.05, 0) is 17.9 Å². The van der Waals surface area contributed by atoms with Crippen molar-refractivity contribution in [2.45, 2.75) is 32.2 Å². The highest BCUT2D eigenvalue weighted by Gasteiger charge is 2.25. The van der Waals surface area contributed by atoms with Gasteiger partial charge in [0.1, 0.15) is 12.9 Å². The van der Waals surface area contributed by atoms with E-state index in [2.05, 4.69) is 0 Å². The van der Waals surface area contributed by atoms with E-state index in [1.165, 1.54) is 7.11 Å². The molecule has 5 heteroatoms. The first-order valence-electron chi connectivity index (χ1n) is 7.20. The smallest absolute Gasteiger partial charge is 0.146 e. The average molecular weight is 298 g/mol. The molecule has 0 amide bonds. The molecule has 21 heavy (non-hydrogen) atoms. The highest BCUT2D eigenvalue weighted by atomic mass is 16.7. The van der Waals surface area contributed by atoms with Crippen molar-refractivity contribution in [1.29, 1.82) is 0 Å². The van der Waals surface area contributed by atoms with Crippen LogP contribution in [0.2, 0.25) is 0 Å². The van der Waals surface area contributed by atoms with Gasteiger partial charge in [-0.3, -0.25) is 0 Å². The number of hydrogen-bond donors (Lipinski definition) is 2. The summed E-state index contributed by atoms with van der Waals surface area (Å²) in [5.41, 5.74) is 1.13. The number of hydrogen-bond acceptors (Lipinski definition) is 5. The first-order chi connectivity index (χ1) is 10.2. The summed E-state index contributed by atoms with van der Waals surface area (Å²) in [6.45, 7) is 2.87. The van der Waals surface area contributed by atoms with Crippen LogP contribution >= 0.6 is 0 Å². The molecule has 0 bridgehead atoms. The Hall–Kier alpha value is -0.980. The third-order valence-corrected chi connectivity index (χ3v) is 3.33. The molecule has 0 aromatic heterocycles. The molecule has 0 saturated heterocycles. The zero-order chi connectivity index (χ0) is 15.5. The minimum Gasteiger partial charge on any atom is -0.394 e. The van der Waals surface area contributed by atoms with Gasteiger partial charge in [-0.2, -0.15) is 0 Å². The Morgan fingerprint density at radius 2 is 1.90 bits per heavy atom. The predicted molar refractivity (Wildman–Crippen MR) is 79.7 cm³/mol. The largest absolute Gasteiger partial charge is 0.394 e. The van der Waals surface area contributed by atoms with Crippen LogP contribution in [-0.4, -0.2) is 49.5 Å². The molecule has 0 spiro atoms. The van der Waals surface area contributed by atoms with Crippen molar-refractivity contribution >= 4 is 0 Å². The minimum absolute atomic E-state index is 0.0538. The summed E-state index contributed by atoms with van der Waals surface area (Å²) in [7, 11) is 1.52. The first kappa shape index (κ1) is 18.1. The highest BCUT2D eigenvalue weighted by Crippen LogP contribution is 2.16. The van der Waals surface area contributed by atoms with E-state index in [0.29, 0.717) is 13.2 Å². The molecule has 0 aliphatic carbocycles. The summed E-state index contributed by atoms with van der Waals surface area (Å²) in [4.78, 5) is 0. The summed E-state index contributed by atoms with van der Waals surface area (Å²) in [6.07, 6.45) is -0.641. The van der Waals surface area contributed by atoms with E-state index >= 15 is 0 Å². The third-order valence-electron chi connectivity index (χ3n) is 3.33. The second-order valence-corrected chi connectivity index (χ2v) is 5.09. The Morgan fingerprint density at radius 3 is 2.52 bits per heavy atom. The number of methoxy groups -OCH3 is 1. The lowest BCUT2D eigenvalue weighted by Gasteiger charge is -2.27. The van der Waals surface area contributed by atoms with Crippen molar-refractivity contribution in [3.05, 3.63) is 35.9 Å². The molecule has 1 aromatic rings. The van der Waals surface area contributed by atoms with Crippen molar-refractivity contribution in [2.24, 2.45) is 5.92 Å². The van der Waals surface area contributed by atoms with Gasteiger partial charge in [0.05, 0.1) is 19.3 Å². The molecule has 1 rings (SSSR count). The zero-order valence-electron chi connectivity index (χ0n) is 12.8. The zero-order valence-corrected chi connectivity index (χ0v) is 12.8. The number of aliphatic hydroxyl groups is 2. The Balaban J connectivity index is 2.30. The standard InChI is InChI=1S/C16H26O5/c1-13(16(15(18)10-17)21-12-19-2)8-9-20-11-14-6-4-3-5-7-14/h3-7,13,15-18H,8-12H2,1-2H3/t13-,15-,16-/m1/s1. The number of aliphatic hydroxyl groups excluding tert-OH is 2. The van der Waals surface area contributed by atoms with E-state index in [0.717, 1.165) is 12.0 Å². The maximum absolute atomic E-state index is 9.78. The summed E-state index contributed by atoms with van der Waals surface area (Å²) < 4.78 is 15.9. The van der Waals surface area contributed by atoms with Crippen molar-refractivity contribution in [3.8, 4) is 0 Å². The average Bonchev–Trinajstić information content (AvgIpc) is 2.52. The van der Waals surface area contributed by atoms with E-state index in [4.69, 9.17) is 19.3 Å². The Labute approximate surface area is 126 Å². The molecule has 0 unspecified atom stereocenters. The van der Waals surface area contributed by atoms with Gasteiger partial charge < -0.3 is 24.4 Å². The molecule has 0 saturated carbocycles. The molecule has 0 aliphatic rings. The normalized spacial score (nSPS) is 15.6. The maximum atomic E-state index is 9.78. The quantitative estimate of drug-likeness (QED) is 0.479. The maximum Gasteiger partial charge on any atom is 0.146 e. The predicted octanol–water partition coefficient (Wildman–Crippen LogP) is 1.57. The summed E-state index contributed by atoms with van der Waals surface area (Å²) in [5, 5.41) is 18.8. The molecular formula is C16H26O5. The monoisotopic (exact) mass is 298 g/mol. The van der Waals surface area contributed by atoms with E-state index in [1.54, 1.807) is 0 Å². The van der Waals surface area contributed by atoms with Crippen LogP contribution in [0.4, 0.5) is 0 Å². The van der Waals surface area contributed by atoms with E-state index in [9.17, 15) is 5.11 Å².